The molecule has 0 fully saturated rings. The van der Waals surface area contributed by atoms with Crippen LogP contribution in [-0.2, 0) is 6.54 Å². The fourth-order valence-electron chi connectivity index (χ4n) is 1.50. The number of hydrogen-bond acceptors (Lipinski definition) is 2. The van der Waals surface area contributed by atoms with Crippen molar-refractivity contribution in [1.29, 1.82) is 0 Å². The third-order valence-corrected chi connectivity index (χ3v) is 2.87. The van der Waals surface area contributed by atoms with Crippen molar-refractivity contribution < 1.29 is 9.90 Å². The molecule has 0 spiro atoms. The highest BCUT2D eigenvalue weighted by Crippen LogP contribution is 2.11. The highest BCUT2D eigenvalue weighted by atomic mass is 79.9. The average molecular weight is 297 g/mol. The first-order valence-corrected chi connectivity index (χ1v) is 5.63. The van der Waals surface area contributed by atoms with Crippen molar-refractivity contribution in [3.63, 3.8) is 0 Å². The molecule has 0 amide bonds. The molecule has 0 aliphatic heterocycles. The van der Waals surface area contributed by atoms with Crippen molar-refractivity contribution in [1.82, 2.24) is 9.55 Å². The van der Waals surface area contributed by atoms with E-state index in [0.717, 1.165) is 10.0 Å². The minimum Gasteiger partial charge on any atom is -0.477 e. The molecule has 88 valence electrons. The van der Waals surface area contributed by atoms with E-state index < -0.39 is 11.7 Å². The molecule has 1 heterocycles. The number of benzene rings is 1. The van der Waals surface area contributed by atoms with Gasteiger partial charge in [-0.3, -0.25) is 4.57 Å². The third kappa shape index (κ3) is 2.47. The predicted molar refractivity (Wildman–Crippen MR) is 65.3 cm³/mol. The van der Waals surface area contributed by atoms with Crippen LogP contribution in [0.3, 0.4) is 0 Å². The van der Waals surface area contributed by atoms with Gasteiger partial charge in [-0.05, 0) is 17.7 Å². The Bertz CT molecular complexity index is 598. The number of halogens is 1. The summed E-state index contributed by atoms with van der Waals surface area (Å²) in [6, 6.07) is 7.34. The summed E-state index contributed by atoms with van der Waals surface area (Å²) in [5.41, 5.74) is 0.389. The van der Waals surface area contributed by atoms with Crippen molar-refractivity contribution in [3.05, 3.63) is 56.7 Å². The summed E-state index contributed by atoms with van der Waals surface area (Å²) in [6.07, 6.45) is 1.20. The zero-order valence-electron chi connectivity index (χ0n) is 8.68. The Labute approximate surface area is 105 Å². The van der Waals surface area contributed by atoms with Gasteiger partial charge < -0.3 is 10.1 Å². The van der Waals surface area contributed by atoms with Gasteiger partial charge in [0.15, 0.2) is 0 Å². The van der Waals surface area contributed by atoms with Crippen molar-refractivity contribution in [2.24, 2.45) is 0 Å². The lowest BCUT2D eigenvalue weighted by Gasteiger charge is -2.04. The maximum Gasteiger partial charge on any atom is 0.354 e. The topological polar surface area (TPSA) is 75.1 Å². The van der Waals surface area contributed by atoms with Crippen LogP contribution >= 0.6 is 15.9 Å². The number of aromatic carboxylic acids is 1. The van der Waals surface area contributed by atoms with Crippen LogP contribution in [0, 0.1) is 0 Å². The van der Waals surface area contributed by atoms with E-state index in [1.807, 2.05) is 24.3 Å². The molecular formula is C11H9BrN2O3. The van der Waals surface area contributed by atoms with Gasteiger partial charge in [0, 0.05) is 10.7 Å². The highest BCUT2D eigenvalue weighted by molar-refractivity contribution is 9.10. The van der Waals surface area contributed by atoms with Crippen LogP contribution in [0.1, 0.15) is 16.1 Å². The number of nitrogens with one attached hydrogen (secondary N) is 1. The summed E-state index contributed by atoms with van der Waals surface area (Å²) in [5, 5.41) is 8.91. The summed E-state index contributed by atoms with van der Waals surface area (Å²) in [4.78, 5) is 24.7. The van der Waals surface area contributed by atoms with E-state index in [0.29, 0.717) is 0 Å². The standard InChI is InChI=1S/C11H9BrN2O3/c12-8-3-1-7(2-4-8)6-14-9(10(15)16)5-13-11(14)17/h1-5H,6H2,(H,13,17)(H,15,16). The molecule has 0 aliphatic carbocycles. The van der Waals surface area contributed by atoms with Gasteiger partial charge in [0.05, 0.1) is 6.54 Å². The maximum atomic E-state index is 11.5. The summed E-state index contributed by atoms with van der Waals surface area (Å²) >= 11 is 3.31. The molecular weight excluding hydrogens is 288 g/mol. The molecule has 1 aromatic carbocycles. The minimum absolute atomic E-state index is 0.0436. The summed E-state index contributed by atoms with van der Waals surface area (Å²) < 4.78 is 2.12. The Morgan fingerprint density at radius 3 is 2.59 bits per heavy atom. The zero-order chi connectivity index (χ0) is 12.4. The molecule has 5 nitrogen and oxygen atoms in total. The number of rotatable bonds is 3. The average Bonchev–Trinajstić information content (AvgIpc) is 2.64. The van der Waals surface area contributed by atoms with Gasteiger partial charge in [0.2, 0.25) is 0 Å². The van der Waals surface area contributed by atoms with E-state index in [1.165, 1.54) is 10.8 Å². The second-order valence-corrected chi connectivity index (χ2v) is 4.41. The summed E-state index contributed by atoms with van der Waals surface area (Å²) in [5.74, 6) is -1.12. The SMILES string of the molecule is O=C(O)c1c[nH]c(=O)n1Cc1ccc(Br)cc1. The van der Waals surface area contributed by atoms with Gasteiger partial charge in [-0.1, -0.05) is 28.1 Å². The van der Waals surface area contributed by atoms with Crippen LogP contribution in [0.5, 0.6) is 0 Å². The summed E-state index contributed by atoms with van der Waals surface area (Å²) in [6.45, 7) is 0.233. The quantitative estimate of drug-likeness (QED) is 0.905. The normalized spacial score (nSPS) is 10.4. The lowest BCUT2D eigenvalue weighted by atomic mass is 10.2. The molecule has 17 heavy (non-hydrogen) atoms. The molecule has 0 aliphatic rings. The number of nitrogens with zero attached hydrogens (tertiary/aromatic N) is 1. The second kappa shape index (κ2) is 4.58. The van der Waals surface area contributed by atoms with Crippen molar-refractivity contribution in [2.75, 3.05) is 0 Å². The van der Waals surface area contributed by atoms with E-state index >= 15 is 0 Å². The smallest absolute Gasteiger partial charge is 0.354 e. The fourth-order valence-corrected chi connectivity index (χ4v) is 1.77. The number of carboxylic acid groups (broad SMARTS) is 1. The first kappa shape index (κ1) is 11.7. The number of hydrogen-bond donors (Lipinski definition) is 2. The molecule has 0 saturated carbocycles. The molecule has 0 atom stereocenters. The molecule has 2 aromatic rings. The summed E-state index contributed by atoms with van der Waals surface area (Å²) in [7, 11) is 0. The highest BCUT2D eigenvalue weighted by Gasteiger charge is 2.12. The van der Waals surface area contributed by atoms with Gasteiger partial charge in [0.25, 0.3) is 0 Å². The number of carbonyl (C=O) groups is 1. The first-order chi connectivity index (χ1) is 8.08. The largest absolute Gasteiger partial charge is 0.477 e. The zero-order valence-corrected chi connectivity index (χ0v) is 10.3. The number of carboxylic acids is 1. The van der Waals surface area contributed by atoms with Crippen LogP contribution in [0.2, 0.25) is 0 Å². The van der Waals surface area contributed by atoms with Crippen LogP contribution in [0.25, 0.3) is 0 Å². The van der Waals surface area contributed by atoms with Crippen LogP contribution in [0.15, 0.2) is 39.7 Å². The van der Waals surface area contributed by atoms with Crippen molar-refractivity contribution in [2.45, 2.75) is 6.54 Å². The Hall–Kier alpha value is -1.82. The van der Waals surface area contributed by atoms with Crippen LogP contribution < -0.4 is 5.69 Å². The lowest BCUT2D eigenvalue weighted by molar-refractivity contribution is 0.0685. The monoisotopic (exact) mass is 296 g/mol. The second-order valence-electron chi connectivity index (χ2n) is 3.50. The Kier molecular flexibility index (Phi) is 3.14. The molecule has 6 heteroatoms. The first-order valence-electron chi connectivity index (χ1n) is 4.84. The van der Waals surface area contributed by atoms with Gasteiger partial charge in [-0.15, -0.1) is 0 Å². The van der Waals surface area contributed by atoms with Gasteiger partial charge in [-0.25, -0.2) is 9.59 Å². The molecule has 0 radical (unpaired) electrons. The number of aromatic amines is 1. The molecule has 0 unspecified atom stereocenters. The van der Waals surface area contributed by atoms with E-state index in [1.54, 1.807) is 0 Å². The van der Waals surface area contributed by atoms with Crippen LogP contribution in [-0.4, -0.2) is 20.6 Å². The fraction of sp³-hybridized carbons (Fsp3) is 0.0909. The number of imidazole rings is 1. The van der Waals surface area contributed by atoms with Crippen molar-refractivity contribution in [3.8, 4) is 0 Å². The Morgan fingerprint density at radius 1 is 1.35 bits per heavy atom. The Balaban J connectivity index is 2.36. The molecule has 1 aromatic heterocycles. The van der Waals surface area contributed by atoms with Crippen LogP contribution in [0.4, 0.5) is 0 Å². The maximum absolute atomic E-state index is 11.5. The van der Waals surface area contributed by atoms with Gasteiger partial charge >= 0.3 is 11.7 Å². The molecule has 0 bridgehead atoms. The van der Waals surface area contributed by atoms with Gasteiger partial charge in [0.1, 0.15) is 5.69 Å². The number of aromatic nitrogens is 2. The number of H-pyrrole nitrogens is 1. The van der Waals surface area contributed by atoms with Gasteiger partial charge in [-0.2, -0.15) is 0 Å². The van der Waals surface area contributed by atoms with Crippen molar-refractivity contribution >= 4 is 21.9 Å². The van der Waals surface area contributed by atoms with E-state index in [4.69, 9.17) is 5.11 Å². The predicted octanol–water partition coefficient (Wildman–Crippen LogP) is 1.69. The van der Waals surface area contributed by atoms with E-state index in [9.17, 15) is 9.59 Å². The molecule has 2 N–H and O–H groups in total. The Morgan fingerprint density at radius 2 is 2.00 bits per heavy atom. The lowest BCUT2D eigenvalue weighted by Crippen LogP contribution is -2.21. The van der Waals surface area contributed by atoms with E-state index in [-0.39, 0.29) is 12.2 Å². The third-order valence-electron chi connectivity index (χ3n) is 2.34. The molecule has 0 saturated heterocycles. The van der Waals surface area contributed by atoms with E-state index in [2.05, 4.69) is 20.9 Å². The minimum atomic E-state index is -1.12. The molecule has 2 rings (SSSR count).